The summed E-state index contributed by atoms with van der Waals surface area (Å²) in [7, 11) is 1.94. The summed E-state index contributed by atoms with van der Waals surface area (Å²) in [5.74, 6) is 2.57. The van der Waals surface area contributed by atoms with Crippen LogP contribution >= 0.6 is 0 Å². The molecule has 0 radical (unpaired) electrons. The third kappa shape index (κ3) is 2.56. The highest BCUT2D eigenvalue weighted by molar-refractivity contribution is 5.64. The van der Waals surface area contributed by atoms with E-state index in [1.807, 2.05) is 18.7 Å². The molecule has 2 rings (SSSR count). The van der Waals surface area contributed by atoms with E-state index in [0.29, 0.717) is 0 Å². The van der Waals surface area contributed by atoms with Crippen LogP contribution in [0.4, 0.5) is 11.5 Å². The molecule has 1 aromatic heterocycles. The van der Waals surface area contributed by atoms with Crippen LogP contribution in [0.2, 0.25) is 0 Å². The summed E-state index contributed by atoms with van der Waals surface area (Å²) in [6.45, 7) is 5.33. The second kappa shape index (κ2) is 4.98. The lowest BCUT2D eigenvalue weighted by Gasteiger charge is -2.29. The van der Waals surface area contributed by atoms with Crippen molar-refractivity contribution in [3.63, 3.8) is 0 Å². The van der Waals surface area contributed by atoms with Crippen molar-refractivity contribution in [3.05, 3.63) is 5.69 Å². The Labute approximate surface area is 104 Å². The number of nitrogens with zero attached hydrogens (tertiary/aromatic N) is 2. The topological polar surface area (TPSA) is 55.9 Å². The molecule has 0 amide bonds. The molecule has 96 valence electrons. The van der Waals surface area contributed by atoms with E-state index in [0.717, 1.165) is 35.6 Å². The highest BCUT2D eigenvalue weighted by atomic mass is 15.3. The predicted octanol–water partition coefficient (Wildman–Crippen LogP) is 2.55. The van der Waals surface area contributed by atoms with Gasteiger partial charge in [0.25, 0.3) is 0 Å². The SMILES string of the molecule is Cc1nn(C)c(NCC2CCCCC2C)c1N. The molecule has 0 saturated heterocycles. The monoisotopic (exact) mass is 236 g/mol. The minimum absolute atomic E-state index is 0.776. The molecule has 4 heteroatoms. The van der Waals surface area contributed by atoms with Gasteiger partial charge in [-0.2, -0.15) is 5.10 Å². The maximum atomic E-state index is 6.01. The summed E-state index contributed by atoms with van der Waals surface area (Å²) in [4.78, 5) is 0. The molecule has 0 aliphatic heterocycles. The normalized spacial score (nSPS) is 24.9. The van der Waals surface area contributed by atoms with Crippen LogP contribution < -0.4 is 11.1 Å². The van der Waals surface area contributed by atoms with E-state index in [4.69, 9.17) is 5.73 Å². The predicted molar refractivity (Wildman–Crippen MR) is 72.0 cm³/mol. The van der Waals surface area contributed by atoms with Crippen LogP contribution in [0.25, 0.3) is 0 Å². The van der Waals surface area contributed by atoms with Gasteiger partial charge < -0.3 is 11.1 Å². The number of nitrogen functional groups attached to an aromatic ring is 1. The minimum Gasteiger partial charge on any atom is -0.394 e. The summed E-state index contributed by atoms with van der Waals surface area (Å²) >= 11 is 0. The average Bonchev–Trinajstić information content (AvgIpc) is 2.53. The summed E-state index contributed by atoms with van der Waals surface area (Å²) in [5, 5.41) is 7.80. The molecule has 0 spiro atoms. The standard InChI is InChI=1S/C13H24N4/c1-9-6-4-5-7-11(9)8-15-13-12(14)10(2)16-17(13)3/h9,11,15H,4-8,14H2,1-3H3. The molecule has 0 bridgehead atoms. The van der Waals surface area contributed by atoms with Crippen LogP contribution in [0.15, 0.2) is 0 Å². The van der Waals surface area contributed by atoms with Crippen molar-refractivity contribution in [2.24, 2.45) is 18.9 Å². The lowest BCUT2D eigenvalue weighted by atomic mass is 9.80. The van der Waals surface area contributed by atoms with Gasteiger partial charge in [0.2, 0.25) is 0 Å². The fourth-order valence-electron chi connectivity index (χ4n) is 2.81. The highest BCUT2D eigenvalue weighted by Crippen LogP contribution is 2.30. The van der Waals surface area contributed by atoms with Gasteiger partial charge in [-0.15, -0.1) is 0 Å². The molecule has 0 aromatic carbocycles. The van der Waals surface area contributed by atoms with Gasteiger partial charge in [0, 0.05) is 13.6 Å². The molecule has 1 saturated carbocycles. The quantitative estimate of drug-likeness (QED) is 0.848. The first-order chi connectivity index (χ1) is 8.09. The zero-order valence-corrected chi connectivity index (χ0v) is 11.2. The van der Waals surface area contributed by atoms with Crippen LogP contribution in [0, 0.1) is 18.8 Å². The number of rotatable bonds is 3. The molecule has 1 aliphatic carbocycles. The van der Waals surface area contributed by atoms with Crippen LogP contribution in [-0.4, -0.2) is 16.3 Å². The molecule has 3 N–H and O–H groups in total. The number of aromatic nitrogens is 2. The third-order valence-corrected chi connectivity index (χ3v) is 4.09. The third-order valence-electron chi connectivity index (χ3n) is 4.09. The van der Waals surface area contributed by atoms with Crippen molar-refractivity contribution in [2.45, 2.75) is 39.5 Å². The van der Waals surface area contributed by atoms with Gasteiger partial charge in [-0.1, -0.05) is 26.2 Å². The number of aryl methyl sites for hydroxylation is 2. The molecule has 1 aromatic rings. The number of anilines is 2. The average molecular weight is 236 g/mol. The smallest absolute Gasteiger partial charge is 0.147 e. The molecule has 1 heterocycles. The van der Waals surface area contributed by atoms with Gasteiger partial charge in [0.1, 0.15) is 5.82 Å². The zero-order chi connectivity index (χ0) is 12.4. The number of nitrogens with two attached hydrogens (primary N) is 1. The van der Waals surface area contributed by atoms with E-state index in [2.05, 4.69) is 17.3 Å². The Hall–Kier alpha value is -1.19. The zero-order valence-electron chi connectivity index (χ0n) is 11.2. The Morgan fingerprint density at radius 2 is 2.12 bits per heavy atom. The molecule has 17 heavy (non-hydrogen) atoms. The van der Waals surface area contributed by atoms with Crippen LogP contribution in [0.3, 0.4) is 0 Å². The Morgan fingerprint density at radius 1 is 1.41 bits per heavy atom. The van der Waals surface area contributed by atoms with Gasteiger partial charge in [-0.05, 0) is 25.2 Å². The van der Waals surface area contributed by atoms with Crippen molar-refractivity contribution in [3.8, 4) is 0 Å². The first kappa shape index (κ1) is 12.3. The Bertz CT molecular complexity index is 383. The maximum Gasteiger partial charge on any atom is 0.147 e. The Kier molecular flexibility index (Phi) is 3.60. The van der Waals surface area contributed by atoms with E-state index in [1.165, 1.54) is 25.7 Å². The Morgan fingerprint density at radius 3 is 2.71 bits per heavy atom. The van der Waals surface area contributed by atoms with Gasteiger partial charge in [0.05, 0.1) is 11.4 Å². The first-order valence-electron chi connectivity index (χ1n) is 6.62. The van der Waals surface area contributed by atoms with Crippen molar-refractivity contribution < 1.29 is 0 Å². The molecule has 2 unspecified atom stereocenters. The molecule has 2 atom stereocenters. The maximum absolute atomic E-state index is 6.01. The second-order valence-electron chi connectivity index (χ2n) is 5.37. The first-order valence-corrected chi connectivity index (χ1v) is 6.62. The van der Waals surface area contributed by atoms with Gasteiger partial charge >= 0.3 is 0 Å². The van der Waals surface area contributed by atoms with Crippen molar-refractivity contribution in [1.82, 2.24) is 9.78 Å². The van der Waals surface area contributed by atoms with Crippen molar-refractivity contribution in [1.29, 1.82) is 0 Å². The van der Waals surface area contributed by atoms with Gasteiger partial charge in [-0.25, -0.2) is 0 Å². The van der Waals surface area contributed by atoms with Gasteiger partial charge in [0.15, 0.2) is 0 Å². The van der Waals surface area contributed by atoms with E-state index in [-0.39, 0.29) is 0 Å². The molecular weight excluding hydrogens is 212 g/mol. The van der Waals surface area contributed by atoms with Crippen LogP contribution in [0.5, 0.6) is 0 Å². The fourth-order valence-corrected chi connectivity index (χ4v) is 2.81. The van der Waals surface area contributed by atoms with E-state index < -0.39 is 0 Å². The lowest BCUT2D eigenvalue weighted by Crippen LogP contribution is -2.25. The molecular formula is C13H24N4. The molecule has 4 nitrogen and oxygen atoms in total. The summed E-state index contributed by atoms with van der Waals surface area (Å²) in [6, 6.07) is 0. The van der Waals surface area contributed by atoms with E-state index >= 15 is 0 Å². The largest absolute Gasteiger partial charge is 0.394 e. The number of nitrogens with one attached hydrogen (secondary N) is 1. The Balaban J connectivity index is 1.97. The minimum atomic E-state index is 0.776. The fraction of sp³-hybridized carbons (Fsp3) is 0.769. The number of hydrogen-bond acceptors (Lipinski definition) is 3. The summed E-state index contributed by atoms with van der Waals surface area (Å²) in [5.41, 5.74) is 7.70. The van der Waals surface area contributed by atoms with Gasteiger partial charge in [-0.3, -0.25) is 4.68 Å². The van der Waals surface area contributed by atoms with Crippen molar-refractivity contribution >= 4 is 11.5 Å². The van der Waals surface area contributed by atoms with E-state index in [9.17, 15) is 0 Å². The van der Waals surface area contributed by atoms with E-state index in [1.54, 1.807) is 0 Å². The summed E-state index contributed by atoms with van der Waals surface area (Å²) < 4.78 is 1.85. The lowest BCUT2D eigenvalue weighted by molar-refractivity contribution is 0.268. The van der Waals surface area contributed by atoms with Crippen LogP contribution in [0.1, 0.15) is 38.3 Å². The molecule has 1 fully saturated rings. The molecule has 1 aliphatic rings. The highest BCUT2D eigenvalue weighted by Gasteiger charge is 2.21. The van der Waals surface area contributed by atoms with Crippen LogP contribution in [-0.2, 0) is 7.05 Å². The summed E-state index contributed by atoms with van der Waals surface area (Å²) in [6.07, 6.45) is 5.47. The second-order valence-corrected chi connectivity index (χ2v) is 5.37. The number of hydrogen-bond donors (Lipinski definition) is 2. The van der Waals surface area contributed by atoms with Crippen molar-refractivity contribution in [2.75, 3.05) is 17.6 Å².